The number of carbonyl (C=O) groups is 2. The Labute approximate surface area is 204 Å². The summed E-state index contributed by atoms with van der Waals surface area (Å²) >= 11 is 0. The van der Waals surface area contributed by atoms with Crippen LogP contribution in [0.5, 0.6) is 5.75 Å². The summed E-state index contributed by atoms with van der Waals surface area (Å²) in [6.07, 6.45) is -0.856. The third kappa shape index (κ3) is 5.94. The van der Waals surface area contributed by atoms with E-state index in [1.165, 1.54) is 16.4 Å². The molecule has 1 aliphatic rings. The summed E-state index contributed by atoms with van der Waals surface area (Å²) in [6, 6.07) is 21.6. The van der Waals surface area contributed by atoms with E-state index in [1.54, 1.807) is 67.6 Å². The Morgan fingerprint density at radius 2 is 1.57 bits per heavy atom. The molecule has 0 unspecified atom stereocenters. The number of benzene rings is 3. The number of ketones is 1. The van der Waals surface area contributed by atoms with Crippen LogP contribution in [-0.2, 0) is 19.6 Å². The van der Waals surface area contributed by atoms with Crippen molar-refractivity contribution in [2.45, 2.75) is 17.9 Å². The highest BCUT2D eigenvalue weighted by molar-refractivity contribution is 7.89. The van der Waals surface area contributed by atoms with Crippen molar-refractivity contribution in [3.05, 3.63) is 90.0 Å². The number of amides is 1. The van der Waals surface area contributed by atoms with Crippen LogP contribution < -0.4 is 10.1 Å². The third-order valence-corrected chi connectivity index (χ3v) is 7.44. The summed E-state index contributed by atoms with van der Waals surface area (Å²) in [6.45, 7) is 2.88. The van der Waals surface area contributed by atoms with Gasteiger partial charge in [-0.1, -0.05) is 36.4 Å². The first-order valence-corrected chi connectivity index (χ1v) is 12.6. The van der Waals surface area contributed by atoms with Crippen molar-refractivity contribution in [1.82, 2.24) is 4.31 Å². The maximum Gasteiger partial charge on any atom is 0.265 e. The predicted molar refractivity (Wildman–Crippen MR) is 131 cm³/mol. The minimum atomic E-state index is -3.68. The van der Waals surface area contributed by atoms with E-state index in [1.807, 2.05) is 6.07 Å². The monoisotopic (exact) mass is 494 g/mol. The van der Waals surface area contributed by atoms with Crippen LogP contribution in [-0.4, -0.2) is 56.8 Å². The number of hydrogen-bond donors (Lipinski definition) is 1. The molecular weight excluding hydrogens is 468 g/mol. The van der Waals surface area contributed by atoms with Crippen LogP contribution in [0.1, 0.15) is 22.8 Å². The largest absolute Gasteiger partial charge is 0.481 e. The number of anilines is 1. The van der Waals surface area contributed by atoms with Crippen LogP contribution in [0.2, 0.25) is 0 Å². The topological polar surface area (TPSA) is 102 Å². The van der Waals surface area contributed by atoms with Gasteiger partial charge in [-0.2, -0.15) is 4.31 Å². The lowest BCUT2D eigenvalue weighted by molar-refractivity contribution is -0.122. The first-order chi connectivity index (χ1) is 16.8. The Bertz CT molecular complexity index is 1290. The number of nitrogens with zero attached hydrogens (tertiary/aromatic N) is 1. The van der Waals surface area contributed by atoms with E-state index in [2.05, 4.69) is 5.32 Å². The molecule has 1 N–H and O–H groups in total. The molecule has 0 saturated carbocycles. The smallest absolute Gasteiger partial charge is 0.265 e. The van der Waals surface area contributed by atoms with Gasteiger partial charge in [0.05, 0.1) is 18.1 Å². The van der Waals surface area contributed by atoms with Gasteiger partial charge in [-0.3, -0.25) is 9.59 Å². The molecule has 0 aromatic heterocycles. The molecular formula is C26H26N2O6S. The highest BCUT2D eigenvalue weighted by atomic mass is 32.2. The molecule has 1 atom stereocenters. The van der Waals surface area contributed by atoms with Crippen molar-refractivity contribution in [3.8, 4) is 5.75 Å². The zero-order chi connectivity index (χ0) is 24.8. The number of rotatable bonds is 8. The maximum atomic E-state index is 12.9. The molecule has 0 aliphatic carbocycles. The standard InChI is InChI=1S/C26H26N2O6S/c1-19(34-23-12-10-21(11-13-23)25(29)20-6-3-2-4-7-20)26(30)27-22-8-5-9-24(18-22)35(31,32)28-14-16-33-17-15-28/h2-13,18-19H,14-17H2,1H3,(H,27,30)/t19-/m0/s1. The maximum absolute atomic E-state index is 12.9. The second-order valence-corrected chi connectivity index (χ2v) is 9.95. The molecule has 1 fully saturated rings. The molecule has 4 rings (SSSR count). The van der Waals surface area contributed by atoms with Crippen molar-refractivity contribution in [3.63, 3.8) is 0 Å². The minimum Gasteiger partial charge on any atom is -0.481 e. The Morgan fingerprint density at radius 1 is 0.914 bits per heavy atom. The molecule has 9 heteroatoms. The van der Waals surface area contributed by atoms with Crippen molar-refractivity contribution < 1.29 is 27.5 Å². The van der Waals surface area contributed by atoms with E-state index in [0.717, 1.165) is 0 Å². The number of morpholine rings is 1. The molecule has 0 bridgehead atoms. The quantitative estimate of drug-likeness (QED) is 0.482. The first-order valence-electron chi connectivity index (χ1n) is 11.2. The average Bonchev–Trinajstić information content (AvgIpc) is 2.90. The van der Waals surface area contributed by atoms with Crippen molar-refractivity contribution >= 4 is 27.4 Å². The fourth-order valence-electron chi connectivity index (χ4n) is 3.61. The van der Waals surface area contributed by atoms with Gasteiger partial charge in [-0.05, 0) is 49.4 Å². The van der Waals surface area contributed by atoms with Crippen LogP contribution >= 0.6 is 0 Å². The van der Waals surface area contributed by atoms with Crippen LogP contribution in [0.3, 0.4) is 0 Å². The van der Waals surface area contributed by atoms with Gasteiger partial charge < -0.3 is 14.8 Å². The number of carbonyl (C=O) groups excluding carboxylic acids is 2. The van der Waals surface area contributed by atoms with E-state index in [-0.39, 0.29) is 10.7 Å². The van der Waals surface area contributed by atoms with Crippen LogP contribution in [0.4, 0.5) is 5.69 Å². The van der Waals surface area contributed by atoms with Gasteiger partial charge in [0.1, 0.15) is 5.75 Å². The second-order valence-electron chi connectivity index (χ2n) is 8.01. The first kappa shape index (κ1) is 24.6. The molecule has 1 amide bonds. The fraction of sp³-hybridized carbons (Fsp3) is 0.231. The summed E-state index contributed by atoms with van der Waals surface area (Å²) in [5.41, 5.74) is 1.45. The van der Waals surface area contributed by atoms with Crippen LogP contribution in [0.25, 0.3) is 0 Å². The predicted octanol–water partition coefficient (Wildman–Crippen LogP) is 3.34. The van der Waals surface area contributed by atoms with E-state index in [9.17, 15) is 18.0 Å². The third-order valence-electron chi connectivity index (χ3n) is 5.54. The van der Waals surface area contributed by atoms with E-state index < -0.39 is 22.0 Å². The SMILES string of the molecule is C[C@H](Oc1ccc(C(=O)c2ccccc2)cc1)C(=O)Nc1cccc(S(=O)(=O)N2CCOCC2)c1. The summed E-state index contributed by atoms with van der Waals surface area (Å²) in [7, 11) is -3.68. The Hall–Kier alpha value is -3.53. The lowest BCUT2D eigenvalue weighted by Gasteiger charge is -2.26. The lowest BCUT2D eigenvalue weighted by Crippen LogP contribution is -2.40. The Morgan fingerprint density at radius 3 is 2.26 bits per heavy atom. The minimum absolute atomic E-state index is 0.101. The summed E-state index contributed by atoms with van der Waals surface area (Å²) in [5, 5.41) is 2.70. The van der Waals surface area contributed by atoms with Gasteiger partial charge >= 0.3 is 0 Å². The Kier molecular flexibility index (Phi) is 7.60. The van der Waals surface area contributed by atoms with Gasteiger partial charge in [0.15, 0.2) is 11.9 Å². The highest BCUT2D eigenvalue weighted by Gasteiger charge is 2.26. The zero-order valence-corrected chi connectivity index (χ0v) is 20.0. The molecule has 1 aliphatic heterocycles. The van der Waals surface area contributed by atoms with E-state index in [0.29, 0.717) is 48.9 Å². The fourth-order valence-corrected chi connectivity index (χ4v) is 5.07. The van der Waals surface area contributed by atoms with Gasteiger partial charge in [0.25, 0.3) is 5.91 Å². The van der Waals surface area contributed by atoms with Gasteiger partial charge in [-0.25, -0.2) is 8.42 Å². The van der Waals surface area contributed by atoms with Gasteiger partial charge in [0.2, 0.25) is 10.0 Å². The number of nitrogens with one attached hydrogen (secondary N) is 1. The van der Waals surface area contributed by atoms with Crippen molar-refractivity contribution in [2.75, 3.05) is 31.6 Å². The van der Waals surface area contributed by atoms with Crippen LogP contribution in [0.15, 0.2) is 83.8 Å². The molecule has 8 nitrogen and oxygen atoms in total. The number of ether oxygens (including phenoxy) is 2. The van der Waals surface area contributed by atoms with Gasteiger partial charge in [-0.15, -0.1) is 0 Å². The number of hydrogen-bond acceptors (Lipinski definition) is 6. The van der Waals surface area contributed by atoms with Crippen LogP contribution in [0, 0.1) is 0 Å². The molecule has 1 saturated heterocycles. The summed E-state index contributed by atoms with van der Waals surface area (Å²) in [5.74, 6) is -0.105. The number of sulfonamides is 1. The molecule has 1 heterocycles. The lowest BCUT2D eigenvalue weighted by atomic mass is 10.0. The molecule has 0 radical (unpaired) electrons. The molecule has 35 heavy (non-hydrogen) atoms. The molecule has 0 spiro atoms. The second kappa shape index (κ2) is 10.8. The highest BCUT2D eigenvalue weighted by Crippen LogP contribution is 2.21. The van der Waals surface area contributed by atoms with Crippen molar-refractivity contribution in [1.29, 1.82) is 0 Å². The Balaban J connectivity index is 1.38. The molecule has 3 aromatic carbocycles. The average molecular weight is 495 g/mol. The summed E-state index contributed by atoms with van der Waals surface area (Å²) in [4.78, 5) is 25.3. The molecule has 3 aromatic rings. The zero-order valence-electron chi connectivity index (χ0n) is 19.2. The normalized spacial score (nSPS) is 15.2. The van der Waals surface area contributed by atoms with Gasteiger partial charge in [0, 0.05) is 29.9 Å². The molecule has 182 valence electrons. The van der Waals surface area contributed by atoms with E-state index >= 15 is 0 Å². The van der Waals surface area contributed by atoms with E-state index in [4.69, 9.17) is 9.47 Å². The summed E-state index contributed by atoms with van der Waals surface area (Å²) < 4.78 is 38.1. The van der Waals surface area contributed by atoms with Crippen molar-refractivity contribution in [2.24, 2.45) is 0 Å².